The largest absolute Gasteiger partial charge is 0.327 e. The second-order valence-electron chi connectivity index (χ2n) is 5.02. The van der Waals surface area contributed by atoms with Crippen LogP contribution in [0, 0.1) is 5.92 Å². The average Bonchev–Trinajstić information content (AvgIpc) is 3.22. The first-order chi connectivity index (χ1) is 8.74. The van der Waals surface area contributed by atoms with E-state index < -0.39 is 10.8 Å². The van der Waals surface area contributed by atoms with Crippen molar-refractivity contribution in [2.24, 2.45) is 11.7 Å². The van der Waals surface area contributed by atoms with E-state index in [1.165, 1.54) is 18.2 Å². The highest BCUT2D eigenvalue weighted by Crippen LogP contribution is 2.32. The van der Waals surface area contributed by atoms with Crippen LogP contribution in [-0.4, -0.2) is 16.0 Å². The van der Waals surface area contributed by atoms with Gasteiger partial charge in [-0.2, -0.15) is 0 Å². The van der Waals surface area contributed by atoms with Crippen LogP contribution in [0.5, 0.6) is 0 Å². The van der Waals surface area contributed by atoms with Crippen LogP contribution in [0.3, 0.4) is 0 Å². The number of fused-ring (bicyclic) bond motifs is 1. The molecule has 0 aliphatic heterocycles. The zero-order chi connectivity index (χ0) is 12.5. The van der Waals surface area contributed by atoms with E-state index in [0.717, 1.165) is 10.3 Å². The highest BCUT2D eigenvalue weighted by molar-refractivity contribution is 7.85. The lowest BCUT2D eigenvalue weighted by molar-refractivity contribution is 0.634. The van der Waals surface area contributed by atoms with Crippen LogP contribution in [0.1, 0.15) is 12.8 Å². The van der Waals surface area contributed by atoms with Gasteiger partial charge in [0.25, 0.3) is 0 Å². The Bertz CT molecular complexity index is 592. The third-order valence-electron chi connectivity index (χ3n) is 3.56. The minimum atomic E-state index is -0.975. The molecule has 2 aromatic carbocycles. The van der Waals surface area contributed by atoms with E-state index in [9.17, 15) is 4.21 Å². The summed E-state index contributed by atoms with van der Waals surface area (Å²) in [6.07, 6.45) is 2.41. The SMILES string of the molecule is NC(CS(=O)c1ccc2ccccc2c1)C1CC1. The Kier molecular flexibility index (Phi) is 3.18. The minimum Gasteiger partial charge on any atom is -0.327 e. The second-order valence-corrected chi connectivity index (χ2v) is 6.52. The second kappa shape index (κ2) is 4.82. The summed E-state index contributed by atoms with van der Waals surface area (Å²) < 4.78 is 12.3. The molecule has 3 rings (SSSR count). The minimum absolute atomic E-state index is 0.0947. The molecule has 0 aromatic heterocycles. The zero-order valence-electron chi connectivity index (χ0n) is 10.2. The maximum atomic E-state index is 12.3. The summed E-state index contributed by atoms with van der Waals surface area (Å²) in [6.45, 7) is 0. The highest BCUT2D eigenvalue weighted by atomic mass is 32.2. The molecule has 0 spiro atoms. The van der Waals surface area contributed by atoms with Gasteiger partial charge in [-0.3, -0.25) is 4.21 Å². The normalized spacial score (nSPS) is 18.7. The quantitative estimate of drug-likeness (QED) is 0.917. The van der Waals surface area contributed by atoms with Gasteiger partial charge in [0.1, 0.15) is 0 Å². The van der Waals surface area contributed by atoms with Crippen molar-refractivity contribution in [3.05, 3.63) is 42.5 Å². The van der Waals surface area contributed by atoms with E-state index >= 15 is 0 Å². The lowest BCUT2D eigenvalue weighted by Gasteiger charge is -2.10. The van der Waals surface area contributed by atoms with Crippen molar-refractivity contribution in [3.8, 4) is 0 Å². The third kappa shape index (κ3) is 2.47. The third-order valence-corrected chi connectivity index (χ3v) is 5.02. The van der Waals surface area contributed by atoms with Gasteiger partial charge in [-0.25, -0.2) is 0 Å². The molecular formula is C15H17NOS. The van der Waals surface area contributed by atoms with Gasteiger partial charge in [0, 0.05) is 16.7 Å². The van der Waals surface area contributed by atoms with Crippen LogP contribution in [0.4, 0.5) is 0 Å². The van der Waals surface area contributed by atoms with Crippen molar-refractivity contribution in [3.63, 3.8) is 0 Å². The van der Waals surface area contributed by atoms with Crippen molar-refractivity contribution in [2.75, 3.05) is 5.75 Å². The van der Waals surface area contributed by atoms with Gasteiger partial charge in [-0.15, -0.1) is 0 Å². The van der Waals surface area contributed by atoms with E-state index in [1.54, 1.807) is 0 Å². The molecule has 1 aliphatic rings. The number of hydrogen-bond donors (Lipinski definition) is 1. The topological polar surface area (TPSA) is 43.1 Å². The molecule has 0 bridgehead atoms. The van der Waals surface area contributed by atoms with Crippen molar-refractivity contribution in [1.29, 1.82) is 0 Å². The van der Waals surface area contributed by atoms with E-state index in [2.05, 4.69) is 12.1 Å². The van der Waals surface area contributed by atoms with Crippen LogP contribution < -0.4 is 5.73 Å². The van der Waals surface area contributed by atoms with Gasteiger partial charge < -0.3 is 5.73 Å². The van der Waals surface area contributed by atoms with Gasteiger partial charge in [0.05, 0.1) is 10.8 Å². The molecule has 1 saturated carbocycles. The van der Waals surface area contributed by atoms with Gasteiger partial charge >= 0.3 is 0 Å². The van der Waals surface area contributed by atoms with Crippen molar-refractivity contribution in [2.45, 2.75) is 23.8 Å². The molecule has 2 nitrogen and oxygen atoms in total. The van der Waals surface area contributed by atoms with Crippen molar-refractivity contribution < 1.29 is 4.21 Å². The predicted molar refractivity (Wildman–Crippen MR) is 75.9 cm³/mol. The summed E-state index contributed by atoms with van der Waals surface area (Å²) in [5.41, 5.74) is 6.04. The summed E-state index contributed by atoms with van der Waals surface area (Å²) >= 11 is 0. The Morgan fingerprint density at radius 1 is 1.17 bits per heavy atom. The first-order valence-corrected chi connectivity index (χ1v) is 7.69. The number of hydrogen-bond acceptors (Lipinski definition) is 2. The highest BCUT2D eigenvalue weighted by Gasteiger charge is 2.29. The molecule has 2 aromatic rings. The maximum Gasteiger partial charge on any atom is 0.0545 e. The Morgan fingerprint density at radius 2 is 1.89 bits per heavy atom. The molecule has 18 heavy (non-hydrogen) atoms. The fourth-order valence-corrected chi connectivity index (χ4v) is 3.53. The lowest BCUT2D eigenvalue weighted by atomic mass is 10.1. The molecule has 1 fully saturated rings. The molecule has 0 heterocycles. The molecule has 0 radical (unpaired) electrons. The first kappa shape index (κ1) is 11.9. The van der Waals surface area contributed by atoms with Gasteiger partial charge in [0.2, 0.25) is 0 Å². The molecular weight excluding hydrogens is 242 g/mol. The van der Waals surface area contributed by atoms with E-state index in [1.807, 2.05) is 30.3 Å². The summed E-state index contributed by atoms with van der Waals surface area (Å²) in [5, 5.41) is 2.33. The first-order valence-electron chi connectivity index (χ1n) is 6.37. The van der Waals surface area contributed by atoms with E-state index in [0.29, 0.717) is 11.7 Å². The van der Waals surface area contributed by atoms with Crippen LogP contribution in [0.25, 0.3) is 10.8 Å². The summed E-state index contributed by atoms with van der Waals surface area (Å²) in [5.74, 6) is 1.19. The van der Waals surface area contributed by atoms with Gasteiger partial charge in [-0.1, -0.05) is 30.3 Å². The molecule has 2 unspecified atom stereocenters. The standard InChI is InChI=1S/C15H17NOS/c16-15(12-5-6-12)10-18(17)14-8-7-11-3-1-2-4-13(11)9-14/h1-4,7-9,12,15H,5-6,10,16H2. The number of nitrogens with two attached hydrogens (primary N) is 1. The summed E-state index contributed by atoms with van der Waals surface area (Å²) in [7, 11) is -0.975. The Labute approximate surface area is 110 Å². The van der Waals surface area contributed by atoms with Gasteiger partial charge in [-0.05, 0) is 41.7 Å². The smallest absolute Gasteiger partial charge is 0.0545 e. The average molecular weight is 259 g/mol. The predicted octanol–water partition coefficient (Wildman–Crippen LogP) is 2.68. The molecule has 94 valence electrons. The Hall–Kier alpha value is -1.19. The molecule has 2 atom stereocenters. The molecule has 2 N–H and O–H groups in total. The molecule has 0 amide bonds. The molecule has 1 aliphatic carbocycles. The van der Waals surface area contributed by atoms with Crippen molar-refractivity contribution in [1.82, 2.24) is 0 Å². The van der Waals surface area contributed by atoms with Crippen LogP contribution >= 0.6 is 0 Å². The fourth-order valence-electron chi connectivity index (χ4n) is 2.24. The van der Waals surface area contributed by atoms with Crippen LogP contribution in [0.2, 0.25) is 0 Å². The fraction of sp³-hybridized carbons (Fsp3) is 0.333. The van der Waals surface area contributed by atoms with E-state index in [-0.39, 0.29) is 6.04 Å². The zero-order valence-corrected chi connectivity index (χ0v) is 11.0. The Balaban J connectivity index is 1.82. The summed E-state index contributed by atoms with van der Waals surface area (Å²) in [4.78, 5) is 0.893. The summed E-state index contributed by atoms with van der Waals surface area (Å²) in [6, 6.07) is 14.2. The maximum absolute atomic E-state index is 12.3. The van der Waals surface area contributed by atoms with Gasteiger partial charge in [0.15, 0.2) is 0 Å². The molecule has 0 saturated heterocycles. The number of rotatable bonds is 4. The van der Waals surface area contributed by atoms with Crippen LogP contribution in [0.15, 0.2) is 47.4 Å². The van der Waals surface area contributed by atoms with E-state index in [4.69, 9.17) is 5.73 Å². The van der Waals surface area contributed by atoms with Crippen molar-refractivity contribution >= 4 is 21.6 Å². The lowest BCUT2D eigenvalue weighted by Crippen LogP contribution is -2.29. The number of benzene rings is 2. The van der Waals surface area contributed by atoms with Crippen LogP contribution in [-0.2, 0) is 10.8 Å². The Morgan fingerprint density at radius 3 is 2.61 bits per heavy atom. The monoisotopic (exact) mass is 259 g/mol. The molecule has 3 heteroatoms.